The second-order valence-corrected chi connectivity index (χ2v) is 11.7. The Hall–Kier alpha value is -3.60. The van der Waals surface area contributed by atoms with Gasteiger partial charge in [-0.2, -0.15) is 0 Å². The number of carbonyl (C=O) groups is 3. The maximum absolute atomic E-state index is 14.2. The average Bonchev–Trinajstić information content (AvgIpc) is 3.06. The number of ether oxygens (including phenoxy) is 3. The van der Waals surface area contributed by atoms with Crippen LogP contribution in [0.4, 0.5) is 5.69 Å². The van der Waals surface area contributed by atoms with Crippen molar-refractivity contribution in [2.24, 2.45) is 5.41 Å². The molecule has 2 aromatic rings. The fraction of sp³-hybridized carbons (Fsp3) is 0.452. The quantitative estimate of drug-likeness (QED) is 0.388. The van der Waals surface area contributed by atoms with Crippen LogP contribution in [0.15, 0.2) is 48.0 Å². The zero-order valence-electron chi connectivity index (χ0n) is 24.3. The first-order valence-electron chi connectivity index (χ1n) is 13.7. The van der Waals surface area contributed by atoms with E-state index in [-0.39, 0.29) is 38.4 Å². The summed E-state index contributed by atoms with van der Waals surface area (Å²) >= 11 is 6.47. The number of carboxylic acids is 1. The topological polar surface area (TPSA) is 126 Å². The molecule has 0 bridgehead atoms. The summed E-state index contributed by atoms with van der Waals surface area (Å²) in [5, 5.41) is 19.6. The number of amides is 2. The number of anilines is 1. The van der Waals surface area contributed by atoms with Gasteiger partial charge in [-0.15, -0.1) is 0 Å². The molecule has 0 fully saturated rings. The number of hydrogen-bond donors (Lipinski definition) is 2. The van der Waals surface area contributed by atoms with E-state index in [1.54, 1.807) is 46.2 Å². The molecule has 2 atom stereocenters. The van der Waals surface area contributed by atoms with Crippen LogP contribution in [0.25, 0.3) is 0 Å². The van der Waals surface area contributed by atoms with Crippen molar-refractivity contribution >= 4 is 35.1 Å². The van der Waals surface area contributed by atoms with Crippen molar-refractivity contribution in [3.63, 3.8) is 0 Å². The van der Waals surface area contributed by atoms with Gasteiger partial charge in [-0.25, -0.2) is 0 Å². The number of para-hydroxylation sites is 1. The van der Waals surface area contributed by atoms with Crippen LogP contribution in [0.3, 0.4) is 0 Å². The first-order valence-corrected chi connectivity index (χ1v) is 14.1. The number of aliphatic hydroxyl groups is 1. The molecule has 4 rings (SSSR count). The molecule has 0 aliphatic carbocycles. The zero-order valence-corrected chi connectivity index (χ0v) is 25.0. The van der Waals surface area contributed by atoms with Gasteiger partial charge in [0.1, 0.15) is 12.2 Å². The second-order valence-electron chi connectivity index (χ2n) is 11.3. The number of fused-ring (bicyclic) bond motifs is 1. The van der Waals surface area contributed by atoms with Crippen LogP contribution < -0.4 is 14.4 Å². The van der Waals surface area contributed by atoms with Gasteiger partial charge in [0.05, 0.1) is 27.1 Å². The molecular weight excluding hydrogens is 564 g/mol. The summed E-state index contributed by atoms with van der Waals surface area (Å²) in [5.74, 6) is -0.730. The highest BCUT2D eigenvalue weighted by molar-refractivity contribution is 6.30. The Labute approximate surface area is 250 Å². The van der Waals surface area contributed by atoms with Gasteiger partial charge in [0.2, 0.25) is 5.91 Å². The molecule has 0 saturated carbocycles. The molecule has 0 unspecified atom stereocenters. The standard InChI is InChI=1S/C31H37ClN2O8/c1-31(2,18-35)17-34-23-9-8-20(32)15-22(23)28(21-6-5-7-24(40-3)29(21)41-4)42-25(30(34)39)16-26(36)33-12-10-19(11-13-33)14-27(37)38/h5-10,15,25,28,35H,11-14,16-18H2,1-4H3,(H,37,38)/t25-,28-/m1/s1. The highest BCUT2D eigenvalue weighted by atomic mass is 35.5. The molecule has 42 heavy (non-hydrogen) atoms. The third-order valence-corrected chi connectivity index (χ3v) is 7.76. The minimum absolute atomic E-state index is 0.0628. The van der Waals surface area contributed by atoms with Gasteiger partial charge in [0.25, 0.3) is 5.91 Å². The predicted molar refractivity (Wildman–Crippen MR) is 157 cm³/mol. The summed E-state index contributed by atoms with van der Waals surface area (Å²) in [4.78, 5) is 42.0. The fourth-order valence-electron chi connectivity index (χ4n) is 5.29. The summed E-state index contributed by atoms with van der Waals surface area (Å²) in [6.45, 7) is 4.29. The van der Waals surface area contributed by atoms with E-state index in [4.69, 9.17) is 30.9 Å². The molecule has 0 radical (unpaired) electrons. The number of rotatable bonds is 10. The van der Waals surface area contributed by atoms with E-state index >= 15 is 0 Å². The molecule has 2 aliphatic heterocycles. The summed E-state index contributed by atoms with van der Waals surface area (Å²) in [7, 11) is 3.04. The maximum Gasteiger partial charge on any atom is 0.307 e. The monoisotopic (exact) mass is 600 g/mol. The summed E-state index contributed by atoms with van der Waals surface area (Å²) in [6.07, 6.45) is -0.126. The van der Waals surface area contributed by atoms with Gasteiger partial charge in [-0.3, -0.25) is 14.4 Å². The van der Waals surface area contributed by atoms with E-state index in [1.807, 2.05) is 19.9 Å². The lowest BCUT2D eigenvalue weighted by molar-refractivity contribution is -0.143. The van der Waals surface area contributed by atoms with Gasteiger partial charge >= 0.3 is 5.97 Å². The third-order valence-electron chi connectivity index (χ3n) is 7.53. The number of carboxylic acid groups (broad SMARTS) is 1. The Balaban J connectivity index is 1.77. The third kappa shape index (κ3) is 6.88. The Kier molecular flexibility index (Phi) is 9.81. The molecule has 0 aromatic heterocycles. The Morgan fingerprint density at radius 3 is 2.52 bits per heavy atom. The highest BCUT2D eigenvalue weighted by Gasteiger charge is 2.41. The normalized spacial score (nSPS) is 19.1. The molecule has 2 amide bonds. The van der Waals surface area contributed by atoms with Crippen LogP contribution >= 0.6 is 11.6 Å². The molecule has 2 aromatic carbocycles. The molecule has 2 aliphatic rings. The van der Waals surface area contributed by atoms with E-state index in [0.29, 0.717) is 46.3 Å². The Morgan fingerprint density at radius 1 is 1.14 bits per heavy atom. The van der Waals surface area contributed by atoms with Crippen molar-refractivity contribution < 1.29 is 38.8 Å². The first-order chi connectivity index (χ1) is 20.0. The maximum atomic E-state index is 14.2. The van der Waals surface area contributed by atoms with Crippen LogP contribution in [0.5, 0.6) is 11.5 Å². The van der Waals surface area contributed by atoms with Crippen LogP contribution in [0.1, 0.15) is 50.3 Å². The lowest BCUT2D eigenvalue weighted by atomic mass is 9.92. The van der Waals surface area contributed by atoms with Gasteiger partial charge in [0, 0.05) is 53.5 Å². The first kappa shape index (κ1) is 31.3. The number of halogens is 1. The lowest BCUT2D eigenvalue weighted by Gasteiger charge is -2.33. The second kappa shape index (κ2) is 13.1. The van der Waals surface area contributed by atoms with Crippen molar-refractivity contribution in [3.05, 3.63) is 64.2 Å². The van der Waals surface area contributed by atoms with Crippen molar-refractivity contribution in [1.29, 1.82) is 0 Å². The molecule has 0 spiro atoms. The van der Waals surface area contributed by atoms with E-state index in [0.717, 1.165) is 5.57 Å². The number of aliphatic hydroxyl groups excluding tert-OH is 1. The fourth-order valence-corrected chi connectivity index (χ4v) is 5.47. The van der Waals surface area contributed by atoms with E-state index < -0.39 is 29.5 Å². The van der Waals surface area contributed by atoms with Crippen molar-refractivity contribution in [2.45, 2.75) is 45.3 Å². The zero-order chi connectivity index (χ0) is 30.6. The molecule has 2 heterocycles. The van der Waals surface area contributed by atoms with Crippen LogP contribution in [0, 0.1) is 5.41 Å². The predicted octanol–water partition coefficient (Wildman–Crippen LogP) is 4.22. The molecule has 10 nitrogen and oxygen atoms in total. The molecule has 11 heteroatoms. The molecular formula is C31H37ClN2O8. The number of benzene rings is 2. The molecule has 226 valence electrons. The summed E-state index contributed by atoms with van der Waals surface area (Å²) in [6, 6.07) is 10.5. The minimum atomic E-state index is -1.18. The Bertz CT molecular complexity index is 1370. The summed E-state index contributed by atoms with van der Waals surface area (Å²) in [5.41, 5.74) is 1.85. The van der Waals surface area contributed by atoms with Crippen molar-refractivity contribution in [1.82, 2.24) is 4.90 Å². The minimum Gasteiger partial charge on any atom is -0.493 e. The van der Waals surface area contributed by atoms with E-state index in [9.17, 15) is 19.5 Å². The van der Waals surface area contributed by atoms with Gasteiger partial charge in [-0.05, 0) is 30.7 Å². The Morgan fingerprint density at radius 2 is 1.90 bits per heavy atom. The average molecular weight is 601 g/mol. The number of methoxy groups -OCH3 is 2. The van der Waals surface area contributed by atoms with Crippen LogP contribution in [0.2, 0.25) is 5.02 Å². The molecule has 0 saturated heterocycles. The highest BCUT2D eigenvalue weighted by Crippen LogP contribution is 2.45. The van der Waals surface area contributed by atoms with Gasteiger partial charge in [-0.1, -0.05) is 49.2 Å². The van der Waals surface area contributed by atoms with E-state index in [2.05, 4.69) is 0 Å². The van der Waals surface area contributed by atoms with Crippen molar-refractivity contribution in [2.75, 3.05) is 45.4 Å². The van der Waals surface area contributed by atoms with Gasteiger partial charge in [0.15, 0.2) is 11.5 Å². The van der Waals surface area contributed by atoms with Crippen LogP contribution in [-0.2, 0) is 19.1 Å². The smallest absolute Gasteiger partial charge is 0.307 e. The largest absolute Gasteiger partial charge is 0.493 e. The number of aliphatic carboxylic acids is 1. The summed E-state index contributed by atoms with van der Waals surface area (Å²) < 4.78 is 17.8. The van der Waals surface area contributed by atoms with Crippen molar-refractivity contribution in [3.8, 4) is 11.5 Å². The lowest BCUT2D eigenvalue weighted by Crippen LogP contribution is -2.47. The SMILES string of the molecule is COc1cccc([C@H]2O[C@H](CC(=O)N3CC=C(CC(=O)O)CC3)C(=O)N(CC(C)(C)CO)c3ccc(Cl)cc32)c1OC. The number of nitrogens with zero attached hydrogens (tertiary/aromatic N) is 2. The van der Waals surface area contributed by atoms with Gasteiger partial charge < -0.3 is 34.2 Å². The molecule has 2 N–H and O–H groups in total. The van der Waals surface area contributed by atoms with E-state index in [1.165, 1.54) is 14.2 Å². The van der Waals surface area contributed by atoms with Crippen LogP contribution in [-0.4, -0.2) is 79.5 Å². The number of carbonyl (C=O) groups excluding carboxylic acids is 2. The number of hydrogen-bond acceptors (Lipinski definition) is 7.